The van der Waals surface area contributed by atoms with E-state index in [2.05, 4.69) is 30.8 Å². The Kier molecular flexibility index (Phi) is 4.11. The molecular formula is C14H29N3. The van der Waals surface area contributed by atoms with Crippen LogP contribution in [0.3, 0.4) is 0 Å². The number of likely N-dealkylation sites (N-methyl/N-ethyl adjacent to an activating group) is 1. The van der Waals surface area contributed by atoms with E-state index in [9.17, 15) is 0 Å². The van der Waals surface area contributed by atoms with Crippen LogP contribution in [-0.2, 0) is 0 Å². The van der Waals surface area contributed by atoms with E-state index < -0.39 is 0 Å². The molecule has 0 aromatic heterocycles. The highest BCUT2D eigenvalue weighted by atomic mass is 15.2. The predicted molar refractivity (Wildman–Crippen MR) is 73.1 cm³/mol. The summed E-state index contributed by atoms with van der Waals surface area (Å²) in [6.07, 6.45) is 6.44. The number of hydrogen-bond donors (Lipinski definition) is 1. The minimum absolute atomic E-state index is 0.0961. The molecule has 0 radical (unpaired) electrons. The van der Waals surface area contributed by atoms with E-state index in [1.165, 1.54) is 45.2 Å². The summed E-state index contributed by atoms with van der Waals surface area (Å²) in [7, 11) is 4.38. The quantitative estimate of drug-likeness (QED) is 0.811. The van der Waals surface area contributed by atoms with Crippen LogP contribution in [0.2, 0.25) is 0 Å². The molecule has 100 valence electrons. The Labute approximate surface area is 106 Å². The molecule has 0 amide bonds. The Morgan fingerprint density at radius 3 is 2.71 bits per heavy atom. The summed E-state index contributed by atoms with van der Waals surface area (Å²) in [5.41, 5.74) is 6.69. The third-order valence-corrected chi connectivity index (χ3v) is 4.64. The predicted octanol–water partition coefficient (Wildman–Crippen LogP) is 1.53. The van der Waals surface area contributed by atoms with E-state index in [4.69, 9.17) is 5.73 Å². The van der Waals surface area contributed by atoms with Crippen molar-refractivity contribution in [2.45, 2.75) is 50.6 Å². The molecule has 3 heteroatoms. The topological polar surface area (TPSA) is 32.5 Å². The molecule has 17 heavy (non-hydrogen) atoms. The van der Waals surface area contributed by atoms with Gasteiger partial charge in [-0.1, -0.05) is 19.8 Å². The average molecular weight is 239 g/mol. The van der Waals surface area contributed by atoms with Gasteiger partial charge in [0.1, 0.15) is 0 Å². The fourth-order valence-electron chi connectivity index (χ4n) is 3.67. The van der Waals surface area contributed by atoms with Gasteiger partial charge in [-0.3, -0.25) is 4.90 Å². The van der Waals surface area contributed by atoms with Crippen molar-refractivity contribution in [1.29, 1.82) is 0 Å². The lowest BCUT2D eigenvalue weighted by molar-refractivity contribution is 0.161. The normalized spacial score (nSPS) is 40.1. The van der Waals surface area contributed by atoms with Crippen LogP contribution in [0.15, 0.2) is 0 Å². The molecule has 2 rings (SSSR count). The van der Waals surface area contributed by atoms with Crippen molar-refractivity contribution in [2.75, 3.05) is 33.7 Å². The number of nitrogens with two attached hydrogens (primary N) is 1. The van der Waals surface area contributed by atoms with E-state index in [0.29, 0.717) is 0 Å². The van der Waals surface area contributed by atoms with E-state index >= 15 is 0 Å². The first-order valence-electron chi connectivity index (χ1n) is 7.16. The van der Waals surface area contributed by atoms with E-state index in [1.54, 1.807) is 0 Å². The van der Waals surface area contributed by atoms with Crippen LogP contribution in [0.5, 0.6) is 0 Å². The van der Waals surface area contributed by atoms with Crippen LogP contribution in [-0.4, -0.2) is 55.1 Å². The zero-order valence-electron chi connectivity index (χ0n) is 11.8. The maximum atomic E-state index is 6.60. The van der Waals surface area contributed by atoms with Crippen molar-refractivity contribution in [3.8, 4) is 0 Å². The van der Waals surface area contributed by atoms with E-state index in [1.807, 2.05) is 0 Å². The molecule has 0 aromatic carbocycles. The molecule has 3 unspecified atom stereocenters. The summed E-state index contributed by atoms with van der Waals surface area (Å²) in [5.74, 6) is 0.820. The Morgan fingerprint density at radius 1 is 1.35 bits per heavy atom. The molecule has 1 aliphatic heterocycles. The average Bonchev–Trinajstić information content (AvgIpc) is 2.64. The molecule has 2 N–H and O–H groups in total. The van der Waals surface area contributed by atoms with Crippen molar-refractivity contribution < 1.29 is 0 Å². The zero-order chi connectivity index (χ0) is 12.5. The second-order valence-corrected chi connectivity index (χ2v) is 6.71. The summed E-state index contributed by atoms with van der Waals surface area (Å²) in [6, 6.07) is 0.736. The van der Waals surface area contributed by atoms with Crippen LogP contribution in [0.1, 0.15) is 39.0 Å². The van der Waals surface area contributed by atoms with Gasteiger partial charge in [-0.15, -0.1) is 0 Å². The van der Waals surface area contributed by atoms with Crippen molar-refractivity contribution in [3.05, 3.63) is 0 Å². The third-order valence-electron chi connectivity index (χ3n) is 4.64. The van der Waals surface area contributed by atoms with Crippen molar-refractivity contribution in [3.63, 3.8) is 0 Å². The van der Waals surface area contributed by atoms with Gasteiger partial charge in [0.05, 0.1) is 0 Å². The number of rotatable bonds is 3. The maximum absolute atomic E-state index is 6.60. The molecule has 1 saturated carbocycles. The summed E-state index contributed by atoms with van der Waals surface area (Å²) >= 11 is 0. The number of nitrogens with zero attached hydrogens (tertiary/aromatic N) is 2. The first-order valence-corrected chi connectivity index (χ1v) is 7.16. The smallest absolute Gasteiger partial charge is 0.0285 e. The molecule has 3 nitrogen and oxygen atoms in total. The van der Waals surface area contributed by atoms with Gasteiger partial charge < -0.3 is 10.6 Å². The standard InChI is InChI=1S/C14H29N3/c1-12-5-4-7-14(15,9-12)11-17-8-6-13(10-17)16(2)3/h12-13H,4-11,15H2,1-3H3. The highest BCUT2D eigenvalue weighted by Crippen LogP contribution is 2.31. The Hall–Kier alpha value is -0.120. The van der Waals surface area contributed by atoms with Gasteiger partial charge in [0.2, 0.25) is 0 Å². The number of likely N-dealkylation sites (tertiary alicyclic amines) is 1. The van der Waals surface area contributed by atoms with Gasteiger partial charge in [0.25, 0.3) is 0 Å². The van der Waals surface area contributed by atoms with Crippen molar-refractivity contribution in [2.24, 2.45) is 11.7 Å². The first-order chi connectivity index (χ1) is 7.98. The van der Waals surface area contributed by atoms with Gasteiger partial charge in [0.15, 0.2) is 0 Å². The summed E-state index contributed by atoms with van der Waals surface area (Å²) < 4.78 is 0. The fourth-order valence-corrected chi connectivity index (χ4v) is 3.67. The monoisotopic (exact) mass is 239 g/mol. The van der Waals surface area contributed by atoms with Gasteiger partial charge in [-0.25, -0.2) is 0 Å². The zero-order valence-corrected chi connectivity index (χ0v) is 11.8. The fraction of sp³-hybridized carbons (Fsp3) is 1.00. The molecule has 2 aliphatic rings. The lowest BCUT2D eigenvalue weighted by Gasteiger charge is -2.39. The highest BCUT2D eigenvalue weighted by molar-refractivity contribution is 4.94. The molecule has 3 atom stereocenters. The van der Waals surface area contributed by atoms with Crippen LogP contribution in [0.25, 0.3) is 0 Å². The molecular weight excluding hydrogens is 210 g/mol. The molecule has 1 heterocycles. The van der Waals surface area contributed by atoms with Gasteiger partial charge >= 0.3 is 0 Å². The molecule has 2 fully saturated rings. The first kappa shape index (κ1) is 13.3. The second-order valence-electron chi connectivity index (χ2n) is 6.71. The summed E-state index contributed by atoms with van der Waals surface area (Å²) in [6.45, 7) is 5.91. The van der Waals surface area contributed by atoms with Gasteiger partial charge in [0, 0.05) is 24.7 Å². The number of hydrogen-bond acceptors (Lipinski definition) is 3. The largest absolute Gasteiger partial charge is 0.324 e. The minimum atomic E-state index is 0.0961. The molecule has 1 aliphatic carbocycles. The molecule has 0 aromatic rings. The van der Waals surface area contributed by atoms with Crippen LogP contribution in [0, 0.1) is 5.92 Å². The molecule has 1 saturated heterocycles. The Bertz CT molecular complexity index is 254. The Balaban J connectivity index is 1.84. The summed E-state index contributed by atoms with van der Waals surface area (Å²) in [5, 5.41) is 0. The SMILES string of the molecule is CC1CCCC(N)(CN2CCC(N(C)C)C2)C1. The van der Waals surface area contributed by atoms with Crippen LogP contribution >= 0.6 is 0 Å². The van der Waals surface area contributed by atoms with Crippen molar-refractivity contribution in [1.82, 2.24) is 9.80 Å². The van der Waals surface area contributed by atoms with Crippen LogP contribution < -0.4 is 5.73 Å². The van der Waals surface area contributed by atoms with Gasteiger partial charge in [-0.05, 0) is 45.8 Å². The lowest BCUT2D eigenvalue weighted by atomic mass is 9.77. The van der Waals surface area contributed by atoms with E-state index in [0.717, 1.165) is 18.5 Å². The molecule has 0 spiro atoms. The van der Waals surface area contributed by atoms with Crippen LogP contribution in [0.4, 0.5) is 0 Å². The molecule has 0 bridgehead atoms. The Morgan fingerprint density at radius 2 is 2.12 bits per heavy atom. The second kappa shape index (κ2) is 5.25. The maximum Gasteiger partial charge on any atom is 0.0285 e. The van der Waals surface area contributed by atoms with E-state index in [-0.39, 0.29) is 5.54 Å². The minimum Gasteiger partial charge on any atom is -0.324 e. The van der Waals surface area contributed by atoms with Crippen molar-refractivity contribution >= 4 is 0 Å². The summed E-state index contributed by atoms with van der Waals surface area (Å²) in [4.78, 5) is 4.94. The third kappa shape index (κ3) is 3.43. The lowest BCUT2D eigenvalue weighted by Crippen LogP contribution is -2.52. The highest BCUT2D eigenvalue weighted by Gasteiger charge is 2.35. The van der Waals surface area contributed by atoms with Gasteiger partial charge in [-0.2, -0.15) is 0 Å².